The van der Waals surface area contributed by atoms with Crippen molar-refractivity contribution in [1.29, 1.82) is 0 Å². The third kappa shape index (κ3) is 3.28. The highest BCUT2D eigenvalue weighted by Crippen LogP contribution is 2.15. The Bertz CT molecular complexity index is 380. The van der Waals surface area contributed by atoms with E-state index in [1.54, 1.807) is 0 Å². The van der Waals surface area contributed by atoms with Crippen molar-refractivity contribution in [2.24, 2.45) is 5.92 Å². The Kier molecular flexibility index (Phi) is 4.82. The lowest BCUT2D eigenvalue weighted by Crippen LogP contribution is -2.59. The fourth-order valence-electron chi connectivity index (χ4n) is 1.76. The van der Waals surface area contributed by atoms with Gasteiger partial charge in [-0.2, -0.15) is 0 Å². The van der Waals surface area contributed by atoms with Gasteiger partial charge in [0.15, 0.2) is 0 Å². The van der Waals surface area contributed by atoms with Crippen LogP contribution in [0.2, 0.25) is 0 Å². The number of imide groups is 2. The van der Waals surface area contributed by atoms with Crippen molar-refractivity contribution in [2.45, 2.75) is 26.7 Å². The summed E-state index contributed by atoms with van der Waals surface area (Å²) < 4.78 is 0. The smallest absolute Gasteiger partial charge is 0.330 e. The van der Waals surface area contributed by atoms with Crippen LogP contribution in [0.4, 0.5) is 4.79 Å². The zero-order valence-electron chi connectivity index (χ0n) is 10.5. The Hall–Kier alpha value is -1.92. The Morgan fingerprint density at radius 3 is 2.61 bits per heavy atom. The van der Waals surface area contributed by atoms with Crippen molar-refractivity contribution in [3.63, 3.8) is 0 Å². The molecule has 1 aliphatic rings. The molecule has 0 aromatic carbocycles. The van der Waals surface area contributed by atoms with E-state index in [1.165, 1.54) is 6.92 Å². The van der Waals surface area contributed by atoms with Crippen LogP contribution in [0, 0.1) is 5.92 Å². The molecule has 0 bridgehead atoms. The van der Waals surface area contributed by atoms with E-state index in [0.29, 0.717) is 12.8 Å². The molecule has 0 aliphatic carbocycles. The molecule has 100 valence electrons. The van der Waals surface area contributed by atoms with Crippen LogP contribution in [0.25, 0.3) is 0 Å². The molecule has 7 nitrogen and oxygen atoms in total. The highest BCUT2D eigenvalue weighted by atomic mass is 16.2. The minimum absolute atomic E-state index is 0.0672. The average Bonchev–Trinajstić information content (AvgIpc) is 2.28. The second-order valence-corrected chi connectivity index (χ2v) is 4.11. The van der Waals surface area contributed by atoms with Gasteiger partial charge in [0.1, 0.15) is 5.92 Å². The lowest BCUT2D eigenvalue weighted by molar-refractivity contribution is -0.143. The molecule has 18 heavy (non-hydrogen) atoms. The van der Waals surface area contributed by atoms with Gasteiger partial charge in [-0.15, -0.1) is 0 Å². The van der Waals surface area contributed by atoms with Crippen LogP contribution in [-0.4, -0.2) is 41.7 Å². The molecule has 1 heterocycles. The van der Waals surface area contributed by atoms with Crippen LogP contribution in [-0.2, 0) is 14.4 Å². The van der Waals surface area contributed by atoms with Crippen LogP contribution in [0.15, 0.2) is 0 Å². The molecule has 1 aliphatic heterocycles. The quantitative estimate of drug-likeness (QED) is 0.654. The summed E-state index contributed by atoms with van der Waals surface area (Å²) in [6, 6.07) is -0.720. The Morgan fingerprint density at radius 1 is 1.39 bits per heavy atom. The standard InChI is InChI=1S/C11H17N3O4/c1-3-4-8-9(16)13-11(18)14(10(8)17)6-5-12-7(2)15/h8H,3-6H2,1-2H3,(H,12,15)(H,13,16,18). The average molecular weight is 255 g/mol. The van der Waals surface area contributed by atoms with Crippen molar-refractivity contribution in [1.82, 2.24) is 15.5 Å². The molecule has 5 amide bonds. The maximum Gasteiger partial charge on any atom is 0.330 e. The third-order valence-corrected chi connectivity index (χ3v) is 2.64. The highest BCUT2D eigenvalue weighted by Gasteiger charge is 2.39. The van der Waals surface area contributed by atoms with E-state index < -0.39 is 23.8 Å². The second kappa shape index (κ2) is 6.13. The summed E-state index contributed by atoms with van der Waals surface area (Å²) in [6.07, 6.45) is 1.09. The van der Waals surface area contributed by atoms with E-state index in [4.69, 9.17) is 0 Å². The SMILES string of the molecule is CCCC1C(=O)NC(=O)N(CCNC(C)=O)C1=O. The fourth-order valence-corrected chi connectivity index (χ4v) is 1.76. The first-order valence-corrected chi connectivity index (χ1v) is 5.88. The molecule has 1 saturated heterocycles. The van der Waals surface area contributed by atoms with Crippen LogP contribution < -0.4 is 10.6 Å². The summed E-state index contributed by atoms with van der Waals surface area (Å²) in [7, 11) is 0. The molecular weight excluding hydrogens is 238 g/mol. The molecule has 0 radical (unpaired) electrons. The van der Waals surface area contributed by atoms with Gasteiger partial charge in [0, 0.05) is 20.0 Å². The van der Waals surface area contributed by atoms with Gasteiger partial charge in [0.2, 0.25) is 17.7 Å². The maximum atomic E-state index is 11.9. The summed E-state index contributed by atoms with van der Waals surface area (Å²) in [5, 5.41) is 4.64. The van der Waals surface area contributed by atoms with E-state index in [1.807, 2.05) is 6.92 Å². The summed E-state index contributed by atoms with van der Waals surface area (Å²) in [6.45, 7) is 3.46. The first-order valence-electron chi connectivity index (χ1n) is 5.88. The van der Waals surface area contributed by atoms with E-state index in [2.05, 4.69) is 10.6 Å². The largest absolute Gasteiger partial charge is 0.355 e. The number of urea groups is 1. The van der Waals surface area contributed by atoms with Gasteiger partial charge < -0.3 is 5.32 Å². The molecule has 7 heteroatoms. The minimum Gasteiger partial charge on any atom is -0.355 e. The molecule has 0 spiro atoms. The van der Waals surface area contributed by atoms with Crippen molar-refractivity contribution in [3.8, 4) is 0 Å². The first-order chi connectivity index (χ1) is 8.47. The molecule has 1 atom stereocenters. The number of nitrogens with zero attached hydrogens (tertiary/aromatic N) is 1. The van der Waals surface area contributed by atoms with Crippen molar-refractivity contribution in [2.75, 3.05) is 13.1 Å². The number of amides is 5. The van der Waals surface area contributed by atoms with Gasteiger partial charge >= 0.3 is 6.03 Å². The molecule has 0 saturated carbocycles. The molecule has 1 unspecified atom stereocenters. The molecule has 0 aromatic rings. The lowest BCUT2D eigenvalue weighted by Gasteiger charge is -2.29. The van der Waals surface area contributed by atoms with Crippen LogP contribution in [0.3, 0.4) is 0 Å². The van der Waals surface area contributed by atoms with Gasteiger partial charge in [-0.3, -0.25) is 24.6 Å². The van der Waals surface area contributed by atoms with Crippen LogP contribution >= 0.6 is 0 Å². The van der Waals surface area contributed by atoms with Crippen molar-refractivity contribution < 1.29 is 19.2 Å². The predicted molar refractivity (Wildman–Crippen MR) is 62.3 cm³/mol. The predicted octanol–water partition coefficient (Wildman–Crippen LogP) is -0.383. The second-order valence-electron chi connectivity index (χ2n) is 4.11. The van der Waals surface area contributed by atoms with Gasteiger partial charge in [-0.25, -0.2) is 4.79 Å². The zero-order chi connectivity index (χ0) is 13.7. The van der Waals surface area contributed by atoms with E-state index in [-0.39, 0.29) is 19.0 Å². The van der Waals surface area contributed by atoms with Crippen molar-refractivity contribution >= 4 is 23.8 Å². The molecule has 2 N–H and O–H groups in total. The van der Waals surface area contributed by atoms with Gasteiger partial charge in [-0.1, -0.05) is 13.3 Å². The number of rotatable bonds is 5. The topological polar surface area (TPSA) is 95.6 Å². The normalized spacial score (nSPS) is 19.8. The van der Waals surface area contributed by atoms with Crippen LogP contribution in [0.1, 0.15) is 26.7 Å². The van der Waals surface area contributed by atoms with Gasteiger partial charge in [0.25, 0.3) is 0 Å². The maximum absolute atomic E-state index is 11.9. The minimum atomic E-state index is -0.801. The Morgan fingerprint density at radius 2 is 2.06 bits per heavy atom. The summed E-state index contributed by atoms with van der Waals surface area (Å²) >= 11 is 0. The molecular formula is C11H17N3O4. The zero-order valence-corrected chi connectivity index (χ0v) is 10.5. The summed E-state index contributed by atoms with van der Waals surface area (Å²) in [5.41, 5.74) is 0. The van der Waals surface area contributed by atoms with Gasteiger partial charge in [-0.05, 0) is 6.42 Å². The van der Waals surface area contributed by atoms with Crippen molar-refractivity contribution in [3.05, 3.63) is 0 Å². The molecule has 1 rings (SSSR count). The number of hydrogen-bond donors (Lipinski definition) is 2. The van der Waals surface area contributed by atoms with E-state index in [9.17, 15) is 19.2 Å². The summed E-state index contributed by atoms with van der Waals surface area (Å²) in [4.78, 5) is 46.6. The van der Waals surface area contributed by atoms with E-state index >= 15 is 0 Å². The highest BCUT2D eigenvalue weighted by molar-refractivity contribution is 6.16. The number of nitrogens with one attached hydrogen (secondary N) is 2. The molecule has 1 fully saturated rings. The number of barbiturate groups is 1. The monoisotopic (exact) mass is 255 g/mol. The van der Waals surface area contributed by atoms with Crippen LogP contribution in [0.5, 0.6) is 0 Å². The first kappa shape index (κ1) is 14.1. The fraction of sp³-hybridized carbons (Fsp3) is 0.636. The number of carbonyl (C=O) groups excluding carboxylic acids is 4. The lowest BCUT2D eigenvalue weighted by atomic mass is 9.99. The Balaban J connectivity index is 2.65. The van der Waals surface area contributed by atoms with E-state index in [0.717, 1.165) is 4.90 Å². The number of carbonyl (C=O) groups is 4. The third-order valence-electron chi connectivity index (χ3n) is 2.64. The molecule has 0 aromatic heterocycles. The Labute approximate surface area is 105 Å². The van der Waals surface area contributed by atoms with Gasteiger partial charge in [0.05, 0.1) is 0 Å². The number of hydrogen-bond acceptors (Lipinski definition) is 4. The summed E-state index contributed by atoms with van der Waals surface area (Å²) in [5.74, 6) is -2.07.